The fourth-order valence-corrected chi connectivity index (χ4v) is 5.66. The van der Waals surface area contributed by atoms with Gasteiger partial charge in [0.25, 0.3) is 10.1 Å². The van der Waals surface area contributed by atoms with Gasteiger partial charge in [0.15, 0.2) is 11.5 Å². The third kappa shape index (κ3) is 30.7. The zero-order valence-corrected chi connectivity index (χ0v) is 44.5. The second kappa shape index (κ2) is 30.9. The van der Waals surface area contributed by atoms with E-state index in [1.807, 2.05) is 86.6 Å². The van der Waals surface area contributed by atoms with Crippen LogP contribution in [0.25, 0.3) is 0 Å². The van der Waals surface area contributed by atoms with Gasteiger partial charge in [-0.3, -0.25) is 13.7 Å². The molecule has 13 N–H and O–H groups in total. The molecule has 0 heterocycles. The molecule has 0 spiro atoms. The molecular formula is C51H71N3O18S2. The van der Waals surface area contributed by atoms with Gasteiger partial charge < -0.3 is 61.2 Å². The van der Waals surface area contributed by atoms with Crippen molar-refractivity contribution in [3.8, 4) is 34.5 Å². The van der Waals surface area contributed by atoms with Crippen molar-refractivity contribution in [3.63, 3.8) is 0 Å². The Morgan fingerprint density at radius 2 is 0.824 bits per heavy atom. The molecule has 3 atom stereocenters. The van der Waals surface area contributed by atoms with Gasteiger partial charge in [0.2, 0.25) is 0 Å². The number of ether oxygens (including phenoxy) is 2. The lowest BCUT2D eigenvalue weighted by atomic mass is 10.1. The molecule has 0 fully saturated rings. The van der Waals surface area contributed by atoms with Gasteiger partial charge in [0, 0.05) is 49.4 Å². The summed E-state index contributed by atoms with van der Waals surface area (Å²) in [6, 6.07) is 27.4. The molecule has 0 bridgehead atoms. The Hall–Kier alpha value is -6.22. The summed E-state index contributed by atoms with van der Waals surface area (Å²) in [6.45, 7) is 18.9. The van der Waals surface area contributed by atoms with Gasteiger partial charge in [-0.15, -0.1) is 0 Å². The summed E-state index contributed by atoms with van der Waals surface area (Å²) in [6.07, 6.45) is -1.60. The Bertz CT molecular complexity index is 2600. The predicted molar refractivity (Wildman–Crippen MR) is 279 cm³/mol. The van der Waals surface area contributed by atoms with E-state index in [1.165, 1.54) is 48.5 Å². The number of hydrogen-bond acceptors (Lipinski definition) is 18. The quantitative estimate of drug-likeness (QED) is 0.0312. The number of aromatic hydroxyl groups is 4. The molecule has 0 aliphatic heterocycles. The van der Waals surface area contributed by atoms with Crippen LogP contribution in [0.2, 0.25) is 0 Å². The average Bonchev–Trinajstić information content (AvgIpc) is 3.26. The normalized spacial score (nSPS) is 12.5. The summed E-state index contributed by atoms with van der Waals surface area (Å²) >= 11 is 0. The van der Waals surface area contributed by atoms with Gasteiger partial charge in [-0.2, -0.15) is 16.8 Å². The van der Waals surface area contributed by atoms with Crippen molar-refractivity contribution in [2.24, 2.45) is 0 Å². The number of β-amino-alcohol motifs (C(OH)–C–C–N with tert-alkyl or cyclic N) is 1. The molecule has 0 aromatic heterocycles. The molecular weight excluding hydrogens is 1010 g/mol. The lowest BCUT2D eigenvalue weighted by molar-refractivity contribution is 0.0681. The first-order valence-corrected chi connectivity index (χ1v) is 25.9. The van der Waals surface area contributed by atoms with Gasteiger partial charge in [-0.05, 0) is 112 Å². The number of phenols is 4. The molecule has 0 aliphatic carbocycles. The van der Waals surface area contributed by atoms with Crippen LogP contribution in [0.1, 0.15) is 115 Å². The molecule has 21 nitrogen and oxygen atoms in total. The number of hydrogen-bond donors (Lipinski definition) is 13. The number of aryl methyl sites for hydroxylation is 2. The van der Waals surface area contributed by atoms with Crippen molar-refractivity contribution >= 4 is 32.5 Å². The fraction of sp³-hybridized carbons (Fsp3) is 0.373. The topological polar surface area (TPSA) is 359 Å². The van der Waals surface area contributed by atoms with E-state index in [9.17, 15) is 53.8 Å². The summed E-state index contributed by atoms with van der Waals surface area (Å²) in [5.41, 5.74) is 4.12. The van der Waals surface area contributed by atoms with E-state index in [4.69, 9.17) is 31.5 Å². The van der Waals surface area contributed by atoms with Gasteiger partial charge in [-0.1, -0.05) is 69.2 Å². The van der Waals surface area contributed by atoms with E-state index >= 15 is 0 Å². The zero-order valence-electron chi connectivity index (χ0n) is 42.9. The number of carbonyl (C=O) groups excluding carboxylic acids is 2. The van der Waals surface area contributed by atoms with Crippen LogP contribution >= 0.6 is 0 Å². The highest BCUT2D eigenvalue weighted by atomic mass is 32.3. The minimum absolute atomic E-state index is 0.0476. The minimum Gasteiger partial charge on any atom is -0.508 e. The molecule has 5 aromatic carbocycles. The van der Waals surface area contributed by atoms with Crippen molar-refractivity contribution in [2.45, 2.75) is 98.2 Å². The Balaban J connectivity index is 0.000000564. The van der Waals surface area contributed by atoms with E-state index in [-0.39, 0.29) is 52.1 Å². The number of carbonyl (C=O) groups is 2. The number of rotatable bonds is 15. The van der Waals surface area contributed by atoms with E-state index in [0.717, 1.165) is 11.1 Å². The highest BCUT2D eigenvalue weighted by Gasteiger charge is 2.21. The SMILES string of the molecule is CC(C)NCC(O)c1cc(O)cc(O)c1.CC(C)NCC(O)c1cc(O)cc(O)c1.CS(=O)(=O)O.Cc1ccc(C(=O)Oc2ccc(C(O)CNC(C)(C)C)cc2OC(=O)c2ccc(C)cc2)cc1.O=S(=O)(O)O. The summed E-state index contributed by atoms with van der Waals surface area (Å²) in [4.78, 5) is 25.5. The Morgan fingerprint density at radius 3 is 1.14 bits per heavy atom. The standard InChI is InChI=1S/C28H31NO5.2C11H17NO3.CH4O3S.H2O4S/c1-18-6-10-20(11-7-18)26(31)33-24-15-14-22(23(30)17-29-28(3,4)5)16-25(24)34-27(32)21-12-8-19(2)9-13-21;2*1-7(2)12-6-11(15)8-3-9(13)5-10(14)4-8;2*1-5(2,3)4/h6-16,23,29-30H,17H2,1-5H3;2*3-5,7,11-15H,6H2,1-2H3;1H3,(H,2,3,4);(H2,1,2,3,4). The summed E-state index contributed by atoms with van der Waals surface area (Å²) in [5.74, 6) is -1.21. The maximum Gasteiger partial charge on any atom is 0.394 e. The zero-order chi connectivity index (χ0) is 56.7. The summed E-state index contributed by atoms with van der Waals surface area (Å²) in [7, 11) is -8.33. The third-order valence-electron chi connectivity index (χ3n) is 9.22. The summed E-state index contributed by atoms with van der Waals surface area (Å²) < 4.78 is 68.6. The highest BCUT2D eigenvalue weighted by Crippen LogP contribution is 2.33. The molecule has 74 heavy (non-hydrogen) atoms. The third-order valence-corrected chi connectivity index (χ3v) is 9.22. The summed E-state index contributed by atoms with van der Waals surface area (Å²) in [5, 5.41) is 76.4. The van der Waals surface area contributed by atoms with E-state index < -0.39 is 50.8 Å². The second-order valence-electron chi connectivity index (χ2n) is 18.3. The molecule has 0 aliphatic rings. The monoisotopic (exact) mass is 1080 g/mol. The lowest BCUT2D eigenvalue weighted by Crippen LogP contribution is -2.38. The van der Waals surface area contributed by atoms with E-state index in [1.54, 1.807) is 30.3 Å². The van der Waals surface area contributed by atoms with Gasteiger partial charge in [-0.25, -0.2) is 9.59 Å². The average molecular weight is 1080 g/mol. The van der Waals surface area contributed by atoms with Gasteiger partial charge in [0.05, 0.1) is 35.7 Å². The van der Waals surface area contributed by atoms with Crippen LogP contribution in [0.3, 0.4) is 0 Å². The molecule has 410 valence electrons. The van der Waals surface area contributed by atoms with Crippen LogP contribution in [0, 0.1) is 13.8 Å². The second-order valence-corrected chi connectivity index (χ2v) is 20.6. The molecule has 0 amide bonds. The molecule has 0 saturated heterocycles. The number of aliphatic hydroxyl groups excluding tert-OH is 3. The Labute approximate surface area is 432 Å². The van der Waals surface area contributed by atoms with Crippen molar-refractivity contribution in [1.29, 1.82) is 0 Å². The Kier molecular flexibility index (Phi) is 27.4. The molecule has 0 saturated carbocycles. The van der Waals surface area contributed by atoms with Gasteiger partial charge >= 0.3 is 22.3 Å². The number of phenolic OH excluding ortho intramolecular Hbond substituents is 4. The van der Waals surface area contributed by atoms with Crippen LogP contribution in [0.15, 0.2) is 103 Å². The molecule has 5 aromatic rings. The molecule has 23 heteroatoms. The highest BCUT2D eigenvalue weighted by molar-refractivity contribution is 7.85. The van der Waals surface area contributed by atoms with Crippen LogP contribution in [-0.2, 0) is 20.5 Å². The van der Waals surface area contributed by atoms with Crippen molar-refractivity contribution in [2.75, 3.05) is 25.9 Å². The number of nitrogens with one attached hydrogen (secondary N) is 3. The number of aliphatic hydroxyl groups is 3. The van der Waals surface area contributed by atoms with Crippen LogP contribution in [0.4, 0.5) is 0 Å². The first-order valence-electron chi connectivity index (χ1n) is 22.6. The lowest BCUT2D eigenvalue weighted by Gasteiger charge is -2.23. The first kappa shape index (κ1) is 65.8. The molecule has 5 rings (SSSR count). The first-order chi connectivity index (χ1) is 34.0. The molecule has 3 unspecified atom stereocenters. The maximum absolute atomic E-state index is 12.8. The van der Waals surface area contributed by atoms with Crippen molar-refractivity contribution in [1.82, 2.24) is 16.0 Å². The smallest absolute Gasteiger partial charge is 0.394 e. The predicted octanol–water partition coefficient (Wildman–Crippen LogP) is 6.27. The largest absolute Gasteiger partial charge is 0.508 e. The van der Waals surface area contributed by atoms with E-state index in [0.29, 0.717) is 53.7 Å². The molecule has 0 radical (unpaired) electrons. The van der Waals surface area contributed by atoms with Crippen LogP contribution < -0.4 is 25.4 Å². The number of esters is 2. The fourth-order valence-electron chi connectivity index (χ4n) is 5.66. The minimum atomic E-state index is -4.67. The van der Waals surface area contributed by atoms with Gasteiger partial charge in [0.1, 0.15) is 23.0 Å². The number of benzene rings is 5. The van der Waals surface area contributed by atoms with Crippen LogP contribution in [-0.4, -0.2) is 122 Å². The Morgan fingerprint density at radius 1 is 0.514 bits per heavy atom. The van der Waals surface area contributed by atoms with Crippen molar-refractivity contribution in [3.05, 3.63) is 142 Å². The van der Waals surface area contributed by atoms with Crippen molar-refractivity contribution < 1.29 is 85.3 Å². The maximum atomic E-state index is 12.8. The van der Waals surface area contributed by atoms with Crippen LogP contribution in [0.5, 0.6) is 34.5 Å². The van der Waals surface area contributed by atoms with E-state index in [2.05, 4.69) is 16.0 Å².